The Bertz CT molecular complexity index is 1190. The van der Waals surface area contributed by atoms with Gasteiger partial charge in [-0.3, -0.25) is 14.5 Å². The lowest BCUT2D eigenvalue weighted by molar-refractivity contribution is -0.144. The maximum Gasteiger partial charge on any atom is 0.319 e. The fourth-order valence-corrected chi connectivity index (χ4v) is 4.72. The first kappa shape index (κ1) is 36.8. The zero-order valence-electron chi connectivity index (χ0n) is 25.8. The lowest BCUT2D eigenvalue weighted by Crippen LogP contribution is -2.45. The van der Waals surface area contributed by atoms with Gasteiger partial charge in [0.1, 0.15) is 5.76 Å². The van der Waals surface area contributed by atoms with Crippen LogP contribution in [0.5, 0.6) is 0 Å². The molecule has 2 heterocycles. The standard InChI is InChI=1S/C19H22F4N2O.C10H18N2O2.C2H6/c1-13-16(11-26)15-4-2-3-5-17(15)25(13)10-14-6-8-24(9-7-14)12-19(22,23)18(20)21;1-8(12-3)5-10(14-4)9(7-13)6-11-2;1-2/h2-5,11,14,18H,6-10,12H2,1H3;5,7,11-12H,6H2,1-4H3;1-2H3/b;8-5-,10-9+;. The molecule has 7 nitrogen and oxygen atoms in total. The third kappa shape index (κ3) is 10.3. The molecule has 11 heteroatoms. The molecule has 1 aliphatic rings. The van der Waals surface area contributed by atoms with Gasteiger partial charge in [0, 0.05) is 53.6 Å². The summed E-state index contributed by atoms with van der Waals surface area (Å²) in [5.74, 6) is -3.11. The number of methoxy groups -OCH3 is 1. The van der Waals surface area contributed by atoms with Crippen molar-refractivity contribution in [2.24, 2.45) is 5.92 Å². The number of halogens is 4. The summed E-state index contributed by atoms with van der Waals surface area (Å²) in [4.78, 5) is 23.6. The van der Waals surface area contributed by atoms with E-state index in [9.17, 15) is 27.2 Å². The van der Waals surface area contributed by atoms with E-state index in [2.05, 4.69) is 15.2 Å². The minimum Gasteiger partial charge on any atom is -0.496 e. The number of fused-ring (bicyclic) bond motifs is 1. The van der Waals surface area contributed by atoms with E-state index >= 15 is 0 Å². The van der Waals surface area contributed by atoms with Crippen molar-refractivity contribution in [3.63, 3.8) is 0 Å². The topological polar surface area (TPSA) is 75.6 Å². The van der Waals surface area contributed by atoms with Gasteiger partial charge in [-0.25, -0.2) is 8.78 Å². The number of nitrogens with zero attached hydrogens (tertiary/aromatic N) is 2. The molecule has 0 amide bonds. The number of allylic oxidation sites excluding steroid dienone is 2. The smallest absolute Gasteiger partial charge is 0.319 e. The molecule has 0 unspecified atom stereocenters. The van der Waals surface area contributed by atoms with E-state index in [1.54, 1.807) is 20.2 Å². The SMILES string of the molecule is CC.CNC/C(C=O)=C(/C=C(/C)NC)OC.Cc1c(C=O)c2ccccc2n1CC1CCN(CC(F)(F)C(F)F)CC1. The third-order valence-electron chi connectivity index (χ3n) is 7.09. The Balaban J connectivity index is 0.000000470. The highest BCUT2D eigenvalue weighted by Crippen LogP contribution is 2.30. The molecule has 2 N–H and O–H groups in total. The first-order valence-corrected chi connectivity index (χ1v) is 14.2. The van der Waals surface area contributed by atoms with Crippen molar-refractivity contribution in [1.29, 1.82) is 0 Å². The van der Waals surface area contributed by atoms with Crippen molar-refractivity contribution in [3.8, 4) is 0 Å². The van der Waals surface area contributed by atoms with Crippen LogP contribution >= 0.6 is 0 Å². The molecule has 1 aliphatic heterocycles. The highest BCUT2D eigenvalue weighted by Gasteiger charge is 2.42. The average molecular weight is 599 g/mol. The second-order valence-corrected chi connectivity index (χ2v) is 9.85. The Kier molecular flexibility index (Phi) is 16.1. The maximum absolute atomic E-state index is 13.2. The quantitative estimate of drug-likeness (QED) is 0.105. The predicted molar refractivity (Wildman–Crippen MR) is 160 cm³/mol. The Morgan fingerprint density at radius 1 is 1.14 bits per heavy atom. The molecular weight excluding hydrogens is 552 g/mol. The molecule has 0 spiro atoms. The number of para-hydroxylation sites is 1. The fraction of sp³-hybridized carbons (Fsp3) is 0.548. The monoisotopic (exact) mass is 598 g/mol. The third-order valence-corrected chi connectivity index (χ3v) is 7.09. The van der Waals surface area contributed by atoms with Crippen LogP contribution in [0.3, 0.4) is 0 Å². The van der Waals surface area contributed by atoms with Gasteiger partial charge >= 0.3 is 12.3 Å². The number of carbonyl (C=O) groups excluding carboxylic acids is 2. The molecule has 236 valence electrons. The lowest BCUT2D eigenvalue weighted by atomic mass is 9.96. The van der Waals surface area contributed by atoms with Gasteiger partial charge in [-0.1, -0.05) is 32.0 Å². The molecule has 1 saturated heterocycles. The van der Waals surface area contributed by atoms with Crippen molar-refractivity contribution in [1.82, 2.24) is 20.1 Å². The molecule has 42 heavy (non-hydrogen) atoms. The van der Waals surface area contributed by atoms with Crippen molar-refractivity contribution >= 4 is 23.5 Å². The Morgan fingerprint density at radius 3 is 2.26 bits per heavy atom. The summed E-state index contributed by atoms with van der Waals surface area (Å²) in [6, 6.07) is 7.69. The normalized spacial score (nSPS) is 15.3. The number of hydrogen-bond donors (Lipinski definition) is 2. The van der Waals surface area contributed by atoms with E-state index in [1.165, 1.54) is 4.90 Å². The van der Waals surface area contributed by atoms with Crippen LogP contribution in [0.25, 0.3) is 10.9 Å². The van der Waals surface area contributed by atoms with Crippen molar-refractivity contribution in [2.45, 2.75) is 59.4 Å². The van der Waals surface area contributed by atoms with Crippen LogP contribution in [0.4, 0.5) is 17.6 Å². The summed E-state index contributed by atoms with van der Waals surface area (Å²) >= 11 is 0. The van der Waals surface area contributed by atoms with Crippen LogP contribution in [0, 0.1) is 12.8 Å². The molecule has 1 aromatic heterocycles. The first-order chi connectivity index (χ1) is 20.0. The Labute approximate surface area is 247 Å². The van der Waals surface area contributed by atoms with Crippen LogP contribution in [0.15, 0.2) is 47.4 Å². The minimum absolute atomic E-state index is 0.264. The second kappa shape index (κ2) is 18.4. The second-order valence-electron chi connectivity index (χ2n) is 9.85. The van der Waals surface area contributed by atoms with Crippen LogP contribution in [0.1, 0.15) is 49.7 Å². The molecule has 0 atom stereocenters. The molecule has 1 fully saturated rings. The highest BCUT2D eigenvalue weighted by molar-refractivity contribution is 5.99. The lowest BCUT2D eigenvalue weighted by Gasteiger charge is -2.34. The summed E-state index contributed by atoms with van der Waals surface area (Å²) in [6.45, 7) is 8.87. The number of benzene rings is 1. The van der Waals surface area contributed by atoms with E-state index in [0.29, 0.717) is 55.9 Å². The van der Waals surface area contributed by atoms with Gasteiger partial charge in [0.15, 0.2) is 12.6 Å². The Hall–Kier alpha value is -3.18. The van der Waals surface area contributed by atoms with Gasteiger partial charge in [-0.15, -0.1) is 0 Å². The minimum atomic E-state index is -3.96. The Morgan fingerprint density at radius 2 is 1.76 bits per heavy atom. The largest absolute Gasteiger partial charge is 0.496 e. The van der Waals surface area contributed by atoms with Crippen molar-refractivity contribution in [3.05, 3.63) is 58.6 Å². The summed E-state index contributed by atoms with van der Waals surface area (Å²) in [6.07, 6.45) is 1.17. The number of nitrogens with one attached hydrogen (secondary N) is 2. The molecule has 0 aliphatic carbocycles. The number of likely N-dealkylation sites (N-methyl/N-ethyl adjacent to an activating group) is 1. The number of ether oxygens (including phenoxy) is 1. The zero-order valence-corrected chi connectivity index (χ0v) is 25.8. The van der Waals surface area contributed by atoms with Gasteiger partial charge in [-0.2, -0.15) is 8.78 Å². The first-order valence-electron chi connectivity index (χ1n) is 14.2. The van der Waals surface area contributed by atoms with Gasteiger partial charge in [-0.05, 0) is 64.9 Å². The summed E-state index contributed by atoms with van der Waals surface area (Å²) < 4.78 is 58.4. The van der Waals surface area contributed by atoms with Gasteiger partial charge in [0.05, 0.1) is 13.7 Å². The number of alkyl halides is 4. The number of aromatic nitrogens is 1. The van der Waals surface area contributed by atoms with Crippen molar-refractivity contribution in [2.75, 3.05) is 47.4 Å². The van der Waals surface area contributed by atoms with E-state index in [4.69, 9.17) is 4.74 Å². The molecule has 1 aromatic carbocycles. The van der Waals surface area contributed by atoms with Gasteiger partial charge in [0.25, 0.3) is 0 Å². The molecule has 2 aromatic rings. The van der Waals surface area contributed by atoms with Crippen LogP contribution in [-0.2, 0) is 16.1 Å². The highest BCUT2D eigenvalue weighted by atomic mass is 19.3. The average Bonchev–Trinajstić information content (AvgIpc) is 3.26. The van der Waals surface area contributed by atoms with Gasteiger partial charge in [0.2, 0.25) is 0 Å². The fourth-order valence-electron chi connectivity index (χ4n) is 4.72. The van der Waals surface area contributed by atoms with Crippen LogP contribution in [-0.4, -0.2) is 81.8 Å². The van der Waals surface area contributed by atoms with E-state index in [1.807, 2.05) is 59.0 Å². The molecule has 0 saturated carbocycles. The zero-order chi connectivity index (χ0) is 31.9. The summed E-state index contributed by atoms with van der Waals surface area (Å²) in [5, 5.41) is 6.78. The van der Waals surface area contributed by atoms with E-state index in [0.717, 1.165) is 34.9 Å². The number of likely N-dealkylation sites (tertiary alicyclic amines) is 1. The summed E-state index contributed by atoms with van der Waals surface area (Å²) in [5.41, 5.74) is 4.10. The van der Waals surface area contributed by atoms with Crippen LogP contribution < -0.4 is 10.6 Å². The number of piperidine rings is 1. The molecule has 0 radical (unpaired) electrons. The summed E-state index contributed by atoms with van der Waals surface area (Å²) in [7, 11) is 5.15. The molecule has 3 rings (SSSR count). The number of carbonyl (C=O) groups is 2. The molecule has 0 bridgehead atoms. The van der Waals surface area contributed by atoms with E-state index < -0.39 is 18.9 Å². The van der Waals surface area contributed by atoms with E-state index in [-0.39, 0.29) is 5.92 Å². The number of aldehydes is 2. The number of rotatable bonds is 12. The predicted octanol–water partition coefficient (Wildman–Crippen LogP) is 5.83. The van der Waals surface area contributed by atoms with Crippen LogP contribution in [0.2, 0.25) is 0 Å². The maximum atomic E-state index is 13.2. The molecular formula is C31H46F4N4O3. The van der Waals surface area contributed by atoms with Gasteiger partial charge < -0.3 is 19.9 Å². The van der Waals surface area contributed by atoms with Crippen molar-refractivity contribution < 1.29 is 31.9 Å². The number of hydrogen-bond acceptors (Lipinski definition) is 6.